The van der Waals surface area contributed by atoms with Gasteiger partial charge in [0.05, 0.1) is 17.5 Å². The van der Waals surface area contributed by atoms with Gasteiger partial charge < -0.3 is 14.2 Å². The van der Waals surface area contributed by atoms with Gasteiger partial charge in [-0.25, -0.2) is 22.8 Å². The fraction of sp³-hybridized carbons (Fsp3) is 0.100. The maximum absolute atomic E-state index is 13.7. The van der Waals surface area contributed by atoms with Crippen LogP contribution in [-0.2, 0) is 10.0 Å². The fourth-order valence-corrected chi connectivity index (χ4v) is 5.43. The van der Waals surface area contributed by atoms with E-state index in [1.165, 1.54) is 44.4 Å². The zero-order chi connectivity index (χ0) is 29.8. The van der Waals surface area contributed by atoms with Crippen molar-refractivity contribution in [3.63, 3.8) is 0 Å². The average Bonchev–Trinajstić information content (AvgIpc) is 3.57. The molecule has 9 nitrogen and oxygen atoms in total. The highest BCUT2D eigenvalue weighted by Crippen LogP contribution is 2.44. The first-order valence-corrected chi connectivity index (χ1v) is 14.8. The molecule has 3 heterocycles. The van der Waals surface area contributed by atoms with Gasteiger partial charge >= 0.3 is 0 Å². The van der Waals surface area contributed by atoms with E-state index in [0.717, 1.165) is 10.6 Å². The molecule has 3 aromatic carbocycles. The normalized spacial score (nSPS) is 11.7. The van der Waals surface area contributed by atoms with Crippen molar-refractivity contribution in [3.05, 3.63) is 89.3 Å². The Morgan fingerprint density at radius 2 is 1.74 bits per heavy atom. The largest absolute Gasteiger partial charge is 0.455 e. The van der Waals surface area contributed by atoms with Crippen LogP contribution in [0.15, 0.2) is 81.8 Å². The summed E-state index contributed by atoms with van der Waals surface area (Å²) in [5.74, 6) is -0.385. The number of hydrogen-bond donors (Lipinski definition) is 1. The number of anilines is 1. The Bertz CT molecular complexity index is 2090. The summed E-state index contributed by atoms with van der Waals surface area (Å²) in [6.07, 6.45) is 2.68. The third kappa shape index (κ3) is 4.76. The Balaban J connectivity index is 1.64. The van der Waals surface area contributed by atoms with Crippen molar-refractivity contribution in [2.24, 2.45) is 0 Å². The van der Waals surface area contributed by atoms with E-state index < -0.39 is 21.7 Å². The predicted octanol–water partition coefficient (Wildman–Crippen LogP) is 6.52. The Morgan fingerprint density at radius 3 is 2.43 bits per heavy atom. The van der Waals surface area contributed by atoms with Crippen LogP contribution in [0.2, 0.25) is 5.02 Å². The second kappa shape index (κ2) is 10.3. The number of furan rings is 1. The number of amides is 1. The lowest BCUT2D eigenvalue weighted by Gasteiger charge is -2.21. The fourth-order valence-electron chi connectivity index (χ4n) is 4.70. The number of nitrogens with zero attached hydrogens (tertiary/aromatic N) is 3. The number of fused-ring (bicyclic) bond motifs is 2. The van der Waals surface area contributed by atoms with Gasteiger partial charge in [-0.2, -0.15) is 0 Å². The first-order valence-electron chi connectivity index (χ1n) is 12.6. The van der Waals surface area contributed by atoms with E-state index in [4.69, 9.17) is 20.4 Å². The SMILES string of the molecule is CNC(=O)c1c(-c2ccc(F)cc2)oc2cc(N(C)S(C)(=O)=O)c(-c3cc(-c4nc5cccnc5o4)ccc3Cl)cc12. The monoisotopic (exact) mass is 604 g/mol. The summed E-state index contributed by atoms with van der Waals surface area (Å²) in [7, 11) is -0.846. The second-order valence-electron chi connectivity index (χ2n) is 9.53. The lowest BCUT2D eigenvalue weighted by molar-refractivity contribution is 0.0964. The summed E-state index contributed by atoms with van der Waals surface area (Å²) in [4.78, 5) is 21.9. The third-order valence-corrected chi connectivity index (χ3v) is 8.39. The maximum Gasteiger partial charge on any atom is 0.255 e. The number of carbonyl (C=O) groups excluding carboxylic acids is 1. The minimum absolute atomic E-state index is 0.200. The molecule has 1 N–H and O–H groups in total. The van der Waals surface area contributed by atoms with Crippen LogP contribution in [0.1, 0.15) is 10.4 Å². The first-order chi connectivity index (χ1) is 20.0. The lowest BCUT2D eigenvalue weighted by Crippen LogP contribution is -2.25. The molecule has 42 heavy (non-hydrogen) atoms. The van der Waals surface area contributed by atoms with Gasteiger partial charge in [0, 0.05) is 59.0 Å². The van der Waals surface area contributed by atoms with Crippen LogP contribution in [0.25, 0.3) is 56.1 Å². The summed E-state index contributed by atoms with van der Waals surface area (Å²) in [5.41, 5.74) is 3.56. The van der Waals surface area contributed by atoms with Crippen LogP contribution >= 0.6 is 11.6 Å². The van der Waals surface area contributed by atoms with Gasteiger partial charge in [0.1, 0.15) is 22.7 Å². The van der Waals surface area contributed by atoms with Crippen molar-refractivity contribution >= 4 is 55.4 Å². The zero-order valence-electron chi connectivity index (χ0n) is 22.5. The minimum Gasteiger partial charge on any atom is -0.455 e. The summed E-state index contributed by atoms with van der Waals surface area (Å²) >= 11 is 6.71. The van der Waals surface area contributed by atoms with Gasteiger partial charge in [-0.15, -0.1) is 0 Å². The average molecular weight is 605 g/mol. The van der Waals surface area contributed by atoms with Gasteiger partial charge in [0.25, 0.3) is 5.91 Å². The van der Waals surface area contributed by atoms with Crippen molar-refractivity contribution in [1.82, 2.24) is 15.3 Å². The number of rotatable bonds is 6. The molecule has 0 aliphatic rings. The number of halogens is 2. The molecule has 1 amide bonds. The second-order valence-corrected chi connectivity index (χ2v) is 12.0. The number of nitrogens with one attached hydrogen (secondary N) is 1. The molecule has 212 valence electrons. The van der Waals surface area contributed by atoms with E-state index in [-0.39, 0.29) is 22.6 Å². The van der Waals surface area contributed by atoms with Crippen LogP contribution in [0.3, 0.4) is 0 Å². The molecule has 6 rings (SSSR count). The molecule has 0 bridgehead atoms. The van der Waals surface area contributed by atoms with Crippen molar-refractivity contribution in [2.75, 3.05) is 24.7 Å². The standard InChI is InChI=1S/C30H22ClFN4O5S/c1-33-28(37)26-21-14-20(19-13-17(8-11-22(19)31)29-35-23-5-4-12-34-30(23)41-29)24(36(2)42(3,38)39)15-25(21)40-27(26)16-6-9-18(32)10-7-16/h4-15H,1-3H3,(H,33,37). The first kappa shape index (κ1) is 27.4. The molecule has 0 fully saturated rings. The molecule has 0 saturated carbocycles. The van der Waals surface area contributed by atoms with Crippen LogP contribution in [0, 0.1) is 5.82 Å². The van der Waals surface area contributed by atoms with Crippen LogP contribution in [0.4, 0.5) is 10.1 Å². The Morgan fingerprint density at radius 1 is 1.00 bits per heavy atom. The molecule has 0 unspecified atom stereocenters. The number of oxazole rings is 1. The summed E-state index contributed by atoms with van der Waals surface area (Å²) in [6.45, 7) is 0. The lowest BCUT2D eigenvalue weighted by atomic mass is 9.97. The number of benzene rings is 3. The minimum atomic E-state index is -3.74. The van der Waals surface area contributed by atoms with Gasteiger partial charge in [-0.1, -0.05) is 11.6 Å². The van der Waals surface area contributed by atoms with Crippen molar-refractivity contribution in [3.8, 4) is 33.9 Å². The quantitative estimate of drug-likeness (QED) is 0.230. The number of aromatic nitrogens is 2. The molecule has 0 atom stereocenters. The molecule has 0 aliphatic carbocycles. The van der Waals surface area contributed by atoms with Crippen molar-refractivity contribution in [1.29, 1.82) is 0 Å². The van der Waals surface area contributed by atoms with Crippen LogP contribution in [0.5, 0.6) is 0 Å². The molecule has 0 radical (unpaired) electrons. The molecule has 0 spiro atoms. The maximum atomic E-state index is 13.7. The van der Waals surface area contributed by atoms with Gasteiger partial charge in [0.2, 0.25) is 21.6 Å². The third-order valence-electron chi connectivity index (χ3n) is 6.87. The zero-order valence-corrected chi connectivity index (χ0v) is 24.0. The highest BCUT2D eigenvalue weighted by molar-refractivity contribution is 7.92. The molecular weight excluding hydrogens is 583 g/mol. The van der Waals surface area contributed by atoms with Crippen LogP contribution < -0.4 is 9.62 Å². The van der Waals surface area contributed by atoms with Gasteiger partial charge in [-0.05, 0) is 60.7 Å². The molecule has 12 heteroatoms. The van der Waals surface area contributed by atoms with E-state index in [0.29, 0.717) is 49.8 Å². The van der Waals surface area contributed by atoms with E-state index in [1.807, 2.05) is 0 Å². The molecule has 0 aliphatic heterocycles. The molecule has 3 aromatic heterocycles. The van der Waals surface area contributed by atoms with E-state index >= 15 is 0 Å². The number of hydrogen-bond acceptors (Lipinski definition) is 7. The Kier molecular flexibility index (Phi) is 6.71. The summed E-state index contributed by atoms with van der Waals surface area (Å²) in [6, 6.07) is 17.4. The Hall–Kier alpha value is -4.74. The highest BCUT2D eigenvalue weighted by atomic mass is 35.5. The summed E-state index contributed by atoms with van der Waals surface area (Å²) in [5, 5.41) is 3.35. The molecule has 0 saturated heterocycles. The number of carbonyl (C=O) groups is 1. The predicted molar refractivity (Wildman–Crippen MR) is 159 cm³/mol. The highest BCUT2D eigenvalue weighted by Gasteiger charge is 2.27. The number of pyridine rings is 1. The number of sulfonamides is 1. The van der Waals surface area contributed by atoms with Gasteiger partial charge in [0.15, 0.2) is 0 Å². The molecule has 6 aromatic rings. The van der Waals surface area contributed by atoms with Crippen LogP contribution in [-0.4, -0.2) is 44.6 Å². The smallest absolute Gasteiger partial charge is 0.255 e. The van der Waals surface area contributed by atoms with Crippen molar-refractivity contribution < 1.29 is 26.4 Å². The van der Waals surface area contributed by atoms with E-state index in [2.05, 4.69) is 15.3 Å². The topological polar surface area (TPSA) is 119 Å². The molecular formula is C30H22ClFN4O5S. The van der Waals surface area contributed by atoms with Gasteiger partial charge in [-0.3, -0.25) is 9.10 Å². The van der Waals surface area contributed by atoms with E-state index in [1.54, 1.807) is 42.6 Å². The Labute approximate surface area is 244 Å². The van der Waals surface area contributed by atoms with Crippen molar-refractivity contribution in [2.45, 2.75) is 0 Å². The van der Waals surface area contributed by atoms with E-state index in [9.17, 15) is 17.6 Å². The summed E-state index contributed by atoms with van der Waals surface area (Å²) < 4.78 is 52.2.